The maximum Gasteiger partial charge on any atom is 0.0435 e. The molecular formula is C22H21Si. The Balaban J connectivity index is 1.93. The van der Waals surface area contributed by atoms with Gasteiger partial charge in [0.05, 0.1) is 0 Å². The molecular weight excluding hydrogens is 292 g/mol. The van der Waals surface area contributed by atoms with Crippen molar-refractivity contribution in [1.29, 1.82) is 0 Å². The molecule has 0 amide bonds. The highest BCUT2D eigenvalue weighted by Gasteiger charge is 2.28. The zero-order chi connectivity index (χ0) is 16.1. The minimum Gasteiger partial charge on any atom is -0.0619 e. The van der Waals surface area contributed by atoms with Crippen LogP contribution in [-0.4, -0.2) is 14.3 Å². The smallest absolute Gasteiger partial charge is 0.0435 e. The fourth-order valence-electron chi connectivity index (χ4n) is 3.89. The molecule has 2 aromatic carbocycles. The van der Waals surface area contributed by atoms with E-state index in [1.807, 2.05) is 0 Å². The van der Waals surface area contributed by atoms with Crippen molar-refractivity contribution in [2.75, 3.05) is 0 Å². The molecule has 23 heavy (non-hydrogen) atoms. The number of benzene rings is 2. The van der Waals surface area contributed by atoms with E-state index in [1.54, 1.807) is 5.17 Å². The van der Waals surface area contributed by atoms with Crippen molar-refractivity contribution in [2.24, 2.45) is 0 Å². The molecule has 0 fully saturated rings. The van der Waals surface area contributed by atoms with E-state index in [2.05, 4.69) is 76.2 Å². The Morgan fingerprint density at radius 3 is 1.52 bits per heavy atom. The molecule has 113 valence electrons. The van der Waals surface area contributed by atoms with Crippen molar-refractivity contribution in [2.45, 2.75) is 33.2 Å². The maximum absolute atomic E-state index is 2.32. The largest absolute Gasteiger partial charge is 0.0619 e. The Morgan fingerprint density at radius 1 is 0.609 bits per heavy atom. The summed E-state index contributed by atoms with van der Waals surface area (Å²) in [6, 6.07) is 17.9. The molecule has 0 atom stereocenters. The van der Waals surface area contributed by atoms with Crippen LogP contribution in [0.3, 0.4) is 0 Å². The molecule has 1 heteroatoms. The fourth-order valence-corrected chi connectivity index (χ4v) is 5.80. The standard InChI is InChI=1S/C22H21Si/c1-13-14(2)16(4)21(15(13)3)23-22-19-11-7-5-9-17(19)18-10-6-8-12-20(18)22/h5-12,22H,1-4H3. The predicted octanol–water partition coefficient (Wildman–Crippen LogP) is 5.32. The van der Waals surface area contributed by atoms with Crippen molar-refractivity contribution in [1.82, 2.24) is 0 Å². The molecule has 0 spiro atoms. The molecule has 0 N–H and O–H groups in total. The molecule has 0 aromatic heterocycles. The quantitative estimate of drug-likeness (QED) is 0.625. The third-order valence-electron chi connectivity index (χ3n) is 5.56. The van der Waals surface area contributed by atoms with E-state index >= 15 is 0 Å². The molecule has 4 rings (SSSR count). The minimum absolute atomic E-state index is 0.515. The second-order valence-corrected chi connectivity index (χ2v) is 7.99. The van der Waals surface area contributed by atoms with Crippen LogP contribution in [0.4, 0.5) is 0 Å². The van der Waals surface area contributed by atoms with Gasteiger partial charge in [0.15, 0.2) is 0 Å². The second kappa shape index (κ2) is 5.28. The Morgan fingerprint density at radius 2 is 1.04 bits per heavy atom. The summed E-state index contributed by atoms with van der Waals surface area (Å²) in [5.74, 6) is 0. The molecule has 0 saturated heterocycles. The van der Waals surface area contributed by atoms with Gasteiger partial charge in [0, 0.05) is 14.7 Å². The molecule has 0 nitrogen and oxygen atoms in total. The van der Waals surface area contributed by atoms with Crippen molar-refractivity contribution in [3.8, 4) is 11.1 Å². The Hall–Kier alpha value is -1.99. The lowest BCUT2D eigenvalue weighted by atomic mass is 10.1. The molecule has 1 radical (unpaired) electrons. The van der Waals surface area contributed by atoms with Crippen molar-refractivity contribution >= 4 is 14.3 Å². The first-order chi connectivity index (χ1) is 11.1. The van der Waals surface area contributed by atoms with Gasteiger partial charge in [0.1, 0.15) is 0 Å². The normalized spacial score (nSPS) is 17.0. The molecule has 2 aliphatic rings. The van der Waals surface area contributed by atoms with Crippen molar-refractivity contribution in [3.63, 3.8) is 0 Å². The molecule has 0 aliphatic heterocycles. The number of hydrogen-bond acceptors (Lipinski definition) is 0. The number of rotatable bonds is 1. The topological polar surface area (TPSA) is 0 Å². The average molecular weight is 313 g/mol. The zero-order valence-corrected chi connectivity index (χ0v) is 15.2. The SMILES string of the molecule is CC1=C(C)C(C)=C(C)C1=[Si]C1c2ccccc2-c2ccccc21. The summed E-state index contributed by atoms with van der Waals surface area (Å²) >= 11 is 0. The van der Waals surface area contributed by atoms with Crippen LogP contribution in [0.1, 0.15) is 44.4 Å². The lowest BCUT2D eigenvalue weighted by Gasteiger charge is -2.12. The van der Waals surface area contributed by atoms with Crippen molar-refractivity contribution in [3.05, 3.63) is 82.0 Å². The van der Waals surface area contributed by atoms with Gasteiger partial charge in [-0.15, -0.1) is 0 Å². The highest BCUT2D eigenvalue weighted by atomic mass is 28.2. The van der Waals surface area contributed by atoms with Crippen molar-refractivity contribution < 1.29 is 0 Å². The summed E-state index contributed by atoms with van der Waals surface area (Å²) in [4.78, 5) is 0. The Kier molecular flexibility index (Phi) is 3.35. The summed E-state index contributed by atoms with van der Waals surface area (Å²) < 4.78 is 0. The zero-order valence-electron chi connectivity index (χ0n) is 14.2. The molecule has 0 saturated carbocycles. The summed E-state index contributed by atoms with van der Waals surface area (Å²) in [6.07, 6.45) is 0. The van der Waals surface area contributed by atoms with Gasteiger partial charge < -0.3 is 0 Å². The first kappa shape index (κ1) is 14.6. The van der Waals surface area contributed by atoms with E-state index in [4.69, 9.17) is 0 Å². The lowest BCUT2D eigenvalue weighted by Crippen LogP contribution is -2.12. The molecule has 0 heterocycles. The number of fused-ring (bicyclic) bond motifs is 3. The summed E-state index contributed by atoms with van der Waals surface area (Å²) in [7, 11) is 0.807. The minimum atomic E-state index is 0.515. The van der Waals surface area contributed by atoms with Crippen LogP contribution < -0.4 is 0 Å². The highest BCUT2D eigenvalue weighted by molar-refractivity contribution is 6.64. The van der Waals surface area contributed by atoms with Crippen LogP contribution in [0, 0.1) is 0 Å². The van der Waals surface area contributed by atoms with Crippen LogP contribution in [-0.2, 0) is 0 Å². The van der Waals surface area contributed by atoms with Gasteiger partial charge in [-0.1, -0.05) is 48.5 Å². The lowest BCUT2D eigenvalue weighted by molar-refractivity contribution is 1.20. The molecule has 0 bridgehead atoms. The molecule has 2 aliphatic carbocycles. The van der Waals surface area contributed by atoms with Crippen LogP contribution in [0.2, 0.25) is 0 Å². The predicted molar refractivity (Wildman–Crippen MR) is 101 cm³/mol. The average Bonchev–Trinajstić information content (AvgIpc) is 2.99. The van der Waals surface area contributed by atoms with E-state index in [0.717, 1.165) is 9.13 Å². The van der Waals surface area contributed by atoms with Crippen LogP contribution >= 0.6 is 0 Å². The highest BCUT2D eigenvalue weighted by Crippen LogP contribution is 2.43. The first-order valence-corrected chi connectivity index (χ1v) is 9.35. The Bertz CT molecular complexity index is 838. The summed E-state index contributed by atoms with van der Waals surface area (Å²) in [5, 5.41) is 1.58. The van der Waals surface area contributed by atoms with Gasteiger partial charge in [-0.2, -0.15) is 0 Å². The van der Waals surface area contributed by atoms with Gasteiger partial charge in [-0.05, 0) is 77.4 Å². The van der Waals surface area contributed by atoms with Gasteiger partial charge in [-0.25, -0.2) is 0 Å². The van der Waals surface area contributed by atoms with E-state index in [0.29, 0.717) is 5.54 Å². The van der Waals surface area contributed by atoms with E-state index in [1.165, 1.54) is 44.5 Å². The number of allylic oxidation sites excluding steroid dienone is 4. The van der Waals surface area contributed by atoms with Crippen LogP contribution in [0.5, 0.6) is 0 Å². The van der Waals surface area contributed by atoms with E-state index in [9.17, 15) is 0 Å². The molecule has 2 aromatic rings. The summed E-state index contributed by atoms with van der Waals surface area (Å²) in [6.45, 7) is 9.12. The first-order valence-electron chi connectivity index (χ1n) is 8.27. The van der Waals surface area contributed by atoms with Gasteiger partial charge in [0.2, 0.25) is 0 Å². The molecule has 0 unspecified atom stereocenters. The maximum atomic E-state index is 2.32. The van der Waals surface area contributed by atoms with Gasteiger partial charge >= 0.3 is 0 Å². The van der Waals surface area contributed by atoms with Gasteiger partial charge in [-0.3, -0.25) is 0 Å². The second-order valence-electron chi connectivity index (χ2n) is 6.63. The van der Waals surface area contributed by atoms with Crippen LogP contribution in [0.25, 0.3) is 11.1 Å². The monoisotopic (exact) mass is 313 g/mol. The van der Waals surface area contributed by atoms with Crippen LogP contribution in [0.15, 0.2) is 70.8 Å². The van der Waals surface area contributed by atoms with Gasteiger partial charge in [0.25, 0.3) is 0 Å². The third kappa shape index (κ3) is 2.07. The van der Waals surface area contributed by atoms with E-state index in [-0.39, 0.29) is 0 Å². The Labute approximate surface area is 141 Å². The fraction of sp³-hybridized carbons (Fsp3) is 0.227. The third-order valence-corrected chi connectivity index (χ3v) is 7.51. The van der Waals surface area contributed by atoms with E-state index < -0.39 is 0 Å². The number of hydrogen-bond donors (Lipinski definition) is 0. The summed E-state index contributed by atoms with van der Waals surface area (Å²) in [5.41, 5.74) is 12.3.